The minimum absolute atomic E-state index is 0.126. The maximum atomic E-state index is 12.3. The summed E-state index contributed by atoms with van der Waals surface area (Å²) >= 11 is 1.98. The number of fused-ring (bicyclic) bond motifs is 2. The average molecular weight is 491 g/mol. The summed E-state index contributed by atoms with van der Waals surface area (Å²) in [4.78, 5) is 19.5. The monoisotopic (exact) mass is 490 g/mol. The SMILES string of the molecule is CCc1cc2c(s1)CCO[C@@]21CCN(C/C(N)=C/N[C@@H]2CCN(C(=O)OC(C)(C)C)C2)[C@@H](C)C1. The Kier molecular flexibility index (Phi) is 7.50. The molecular weight excluding hydrogens is 448 g/mol. The molecule has 4 heterocycles. The lowest BCUT2D eigenvalue weighted by Crippen LogP contribution is -2.51. The maximum Gasteiger partial charge on any atom is 0.410 e. The van der Waals surface area contributed by atoms with Crippen molar-refractivity contribution in [2.24, 2.45) is 5.73 Å². The first-order chi connectivity index (χ1) is 16.1. The average Bonchev–Trinajstić information content (AvgIpc) is 3.41. The van der Waals surface area contributed by atoms with Crippen molar-refractivity contribution in [3.63, 3.8) is 0 Å². The van der Waals surface area contributed by atoms with Gasteiger partial charge in [0.2, 0.25) is 0 Å². The first-order valence-corrected chi connectivity index (χ1v) is 13.6. The molecule has 4 rings (SSSR count). The second-order valence-corrected chi connectivity index (χ2v) is 12.3. The molecule has 3 aliphatic rings. The number of nitrogens with two attached hydrogens (primary N) is 1. The van der Waals surface area contributed by atoms with E-state index in [4.69, 9.17) is 15.2 Å². The minimum Gasteiger partial charge on any atom is -0.444 e. The van der Waals surface area contributed by atoms with Gasteiger partial charge in [0.1, 0.15) is 5.60 Å². The van der Waals surface area contributed by atoms with E-state index in [0.29, 0.717) is 19.1 Å². The standard InChI is InChI=1S/C26H42N4O3S/c1-6-21-13-22-23(34-21)8-12-32-26(22)9-11-29(18(2)14-26)16-19(27)15-28-20-7-10-30(17-20)24(31)33-25(3,4)5/h13,15,18,20,28H,6-12,14,16-17,27H2,1-5H3/b19-15-/t18-,20+,26+/m0/s1. The maximum absolute atomic E-state index is 12.3. The largest absolute Gasteiger partial charge is 0.444 e. The van der Waals surface area contributed by atoms with Crippen molar-refractivity contribution >= 4 is 17.4 Å². The molecule has 2 fully saturated rings. The number of ether oxygens (including phenoxy) is 2. The molecule has 34 heavy (non-hydrogen) atoms. The summed E-state index contributed by atoms with van der Waals surface area (Å²) in [6, 6.07) is 3.00. The van der Waals surface area contributed by atoms with Gasteiger partial charge in [-0.2, -0.15) is 0 Å². The number of rotatable bonds is 5. The van der Waals surface area contributed by atoms with Crippen LogP contribution >= 0.6 is 11.3 Å². The van der Waals surface area contributed by atoms with Crippen LogP contribution < -0.4 is 11.1 Å². The van der Waals surface area contributed by atoms with Gasteiger partial charge in [-0.3, -0.25) is 4.90 Å². The zero-order valence-electron chi connectivity index (χ0n) is 21.5. The van der Waals surface area contributed by atoms with E-state index in [1.54, 1.807) is 4.90 Å². The van der Waals surface area contributed by atoms with E-state index >= 15 is 0 Å². The van der Waals surface area contributed by atoms with Gasteiger partial charge in [-0.25, -0.2) is 4.79 Å². The fourth-order valence-electron chi connectivity index (χ4n) is 5.40. The predicted octanol–water partition coefficient (Wildman–Crippen LogP) is 3.96. The first kappa shape index (κ1) is 25.3. The van der Waals surface area contributed by atoms with Gasteiger partial charge in [0.15, 0.2) is 0 Å². The van der Waals surface area contributed by atoms with E-state index in [0.717, 1.165) is 57.5 Å². The zero-order valence-corrected chi connectivity index (χ0v) is 22.3. The number of hydrogen-bond donors (Lipinski definition) is 2. The van der Waals surface area contributed by atoms with Crippen LogP contribution in [0.2, 0.25) is 0 Å². The van der Waals surface area contributed by atoms with Gasteiger partial charge in [-0.05, 0) is 65.0 Å². The Labute approximate surface area is 208 Å². The van der Waals surface area contributed by atoms with Gasteiger partial charge in [-0.1, -0.05) is 6.92 Å². The molecule has 190 valence electrons. The highest BCUT2D eigenvalue weighted by Gasteiger charge is 2.44. The van der Waals surface area contributed by atoms with E-state index in [1.165, 1.54) is 15.3 Å². The predicted molar refractivity (Wildman–Crippen MR) is 137 cm³/mol. The Morgan fingerprint density at radius 1 is 1.41 bits per heavy atom. The van der Waals surface area contributed by atoms with Crippen LogP contribution in [0.25, 0.3) is 0 Å². The lowest BCUT2D eigenvalue weighted by molar-refractivity contribution is -0.109. The quantitative estimate of drug-likeness (QED) is 0.650. The van der Waals surface area contributed by atoms with Crippen LogP contribution in [-0.4, -0.2) is 66.4 Å². The van der Waals surface area contributed by atoms with Gasteiger partial charge < -0.3 is 25.4 Å². The van der Waals surface area contributed by atoms with Crippen LogP contribution in [0, 0.1) is 0 Å². The number of nitrogens with zero attached hydrogens (tertiary/aromatic N) is 2. The molecule has 3 atom stereocenters. The summed E-state index contributed by atoms with van der Waals surface area (Å²) in [5.74, 6) is 0. The molecule has 0 radical (unpaired) electrons. The highest BCUT2D eigenvalue weighted by atomic mass is 32.1. The van der Waals surface area contributed by atoms with Crippen LogP contribution in [-0.2, 0) is 27.9 Å². The molecule has 0 unspecified atom stereocenters. The van der Waals surface area contributed by atoms with Crippen LogP contribution in [0.3, 0.4) is 0 Å². The molecule has 1 spiro atoms. The Morgan fingerprint density at radius 2 is 2.21 bits per heavy atom. The molecular formula is C26H42N4O3S. The van der Waals surface area contributed by atoms with Crippen LogP contribution in [0.4, 0.5) is 4.79 Å². The van der Waals surface area contributed by atoms with E-state index in [2.05, 4.69) is 30.1 Å². The molecule has 0 bridgehead atoms. The zero-order chi connectivity index (χ0) is 24.5. The molecule has 1 amide bonds. The van der Waals surface area contributed by atoms with E-state index in [9.17, 15) is 4.79 Å². The van der Waals surface area contributed by atoms with Crippen molar-refractivity contribution in [3.05, 3.63) is 33.3 Å². The number of carbonyl (C=O) groups excluding carboxylic acids is 1. The van der Waals surface area contributed by atoms with E-state index in [1.807, 2.05) is 38.3 Å². The van der Waals surface area contributed by atoms with Crippen molar-refractivity contribution in [3.8, 4) is 0 Å². The number of amides is 1. The summed E-state index contributed by atoms with van der Waals surface area (Å²) in [6.45, 7) is 14.1. The van der Waals surface area contributed by atoms with Crippen LogP contribution in [0.5, 0.6) is 0 Å². The van der Waals surface area contributed by atoms with Crippen molar-refractivity contribution < 1.29 is 14.3 Å². The Balaban J connectivity index is 1.29. The van der Waals surface area contributed by atoms with Gasteiger partial charge in [0.05, 0.1) is 12.2 Å². The van der Waals surface area contributed by atoms with Crippen molar-refractivity contribution in [1.82, 2.24) is 15.1 Å². The van der Waals surface area contributed by atoms with E-state index in [-0.39, 0.29) is 17.7 Å². The molecule has 3 N–H and O–H groups in total. The highest BCUT2D eigenvalue weighted by Crippen LogP contribution is 2.46. The number of thiophene rings is 1. The third-order valence-electron chi connectivity index (χ3n) is 7.19. The molecule has 2 saturated heterocycles. The summed E-state index contributed by atoms with van der Waals surface area (Å²) in [6.07, 6.45) is 6.75. The number of hydrogen-bond acceptors (Lipinski definition) is 7. The number of nitrogens with one attached hydrogen (secondary N) is 1. The smallest absolute Gasteiger partial charge is 0.410 e. The first-order valence-electron chi connectivity index (χ1n) is 12.8. The second kappa shape index (κ2) is 10.1. The summed E-state index contributed by atoms with van der Waals surface area (Å²) in [5.41, 5.74) is 8.10. The summed E-state index contributed by atoms with van der Waals surface area (Å²) in [7, 11) is 0. The molecule has 1 aromatic rings. The fourth-order valence-corrected chi connectivity index (χ4v) is 6.58. The topological polar surface area (TPSA) is 80.1 Å². The van der Waals surface area contributed by atoms with Crippen molar-refractivity contribution in [1.29, 1.82) is 0 Å². The third kappa shape index (κ3) is 5.71. The molecule has 0 aliphatic carbocycles. The molecule has 7 nitrogen and oxygen atoms in total. The van der Waals surface area contributed by atoms with Crippen LogP contribution in [0.15, 0.2) is 18.0 Å². The second-order valence-electron chi connectivity index (χ2n) is 11.1. The third-order valence-corrected chi connectivity index (χ3v) is 8.53. The van der Waals surface area contributed by atoms with Crippen molar-refractivity contribution in [2.45, 2.75) is 90.0 Å². The molecule has 0 saturated carbocycles. The Morgan fingerprint density at radius 3 is 2.91 bits per heavy atom. The van der Waals surface area contributed by atoms with Gasteiger partial charge in [0, 0.05) is 66.3 Å². The minimum atomic E-state index is -0.470. The molecule has 1 aromatic heterocycles. The number of carbonyl (C=O) groups is 1. The fraction of sp³-hybridized carbons (Fsp3) is 0.731. The highest BCUT2D eigenvalue weighted by molar-refractivity contribution is 7.12. The lowest BCUT2D eigenvalue weighted by atomic mass is 9.79. The normalized spacial score (nSPS) is 28.3. The number of piperidine rings is 1. The number of likely N-dealkylation sites (tertiary alicyclic amines) is 2. The molecule has 8 heteroatoms. The lowest BCUT2D eigenvalue weighted by Gasteiger charge is -2.47. The molecule has 0 aromatic carbocycles. The van der Waals surface area contributed by atoms with Crippen molar-refractivity contribution in [2.75, 3.05) is 32.8 Å². The van der Waals surface area contributed by atoms with Gasteiger partial charge >= 0.3 is 6.09 Å². The van der Waals surface area contributed by atoms with Gasteiger partial charge in [-0.15, -0.1) is 11.3 Å². The summed E-state index contributed by atoms with van der Waals surface area (Å²) < 4.78 is 12.0. The summed E-state index contributed by atoms with van der Waals surface area (Å²) in [5, 5.41) is 3.43. The van der Waals surface area contributed by atoms with Crippen LogP contribution in [0.1, 0.15) is 69.2 Å². The Hall–Kier alpha value is -1.77. The van der Waals surface area contributed by atoms with E-state index < -0.39 is 5.60 Å². The Bertz CT molecular complexity index is 908. The van der Waals surface area contributed by atoms with Gasteiger partial charge in [0.25, 0.3) is 0 Å². The number of aryl methyl sites for hydroxylation is 1. The molecule has 3 aliphatic heterocycles.